The van der Waals surface area contributed by atoms with Crippen molar-refractivity contribution in [1.82, 2.24) is 9.88 Å². The summed E-state index contributed by atoms with van der Waals surface area (Å²) in [6.07, 6.45) is 4.46. The summed E-state index contributed by atoms with van der Waals surface area (Å²) in [5, 5.41) is 37.4. The topological polar surface area (TPSA) is 161 Å². The van der Waals surface area contributed by atoms with Gasteiger partial charge in [-0.15, -0.1) is 0 Å². The fourth-order valence-corrected chi connectivity index (χ4v) is 5.04. The highest BCUT2D eigenvalue weighted by Gasteiger charge is 2.34. The van der Waals surface area contributed by atoms with Gasteiger partial charge in [0, 0.05) is 50.1 Å². The van der Waals surface area contributed by atoms with Crippen LogP contribution in [0, 0.1) is 22.1 Å². The largest absolute Gasteiger partial charge is 0.480 e. The summed E-state index contributed by atoms with van der Waals surface area (Å²) in [6.45, 7) is 3.25. The Balaban J connectivity index is 1.70. The second kappa shape index (κ2) is 14.9. The predicted octanol–water partition coefficient (Wildman–Crippen LogP) is 4.93. The van der Waals surface area contributed by atoms with Crippen LogP contribution in [0.4, 0.5) is 0 Å². The lowest BCUT2D eigenvalue weighted by Crippen LogP contribution is -2.44. The number of aliphatic hydroxyl groups is 1. The third-order valence-electron chi connectivity index (χ3n) is 7.80. The number of likely N-dealkylation sites (tertiary alicyclic amines) is 1. The van der Waals surface area contributed by atoms with Crippen LogP contribution in [0.25, 0.3) is 10.9 Å². The molecular formula is C31H43N5O5. The zero-order valence-corrected chi connectivity index (χ0v) is 24.4. The lowest BCUT2D eigenvalue weighted by Gasteiger charge is -2.36. The van der Waals surface area contributed by atoms with Gasteiger partial charge in [-0.1, -0.05) is 38.0 Å². The Bertz CT molecular complexity index is 1270. The number of hydrogen-bond donors (Lipinski definition) is 4. The number of unbranched alkanes of at least 4 members (excludes halogenated alkanes) is 2. The molecule has 2 aromatic rings. The van der Waals surface area contributed by atoms with Gasteiger partial charge in [0.05, 0.1) is 29.5 Å². The van der Waals surface area contributed by atoms with Gasteiger partial charge in [0.2, 0.25) is 11.8 Å². The van der Waals surface area contributed by atoms with Gasteiger partial charge in [0.1, 0.15) is 5.78 Å². The van der Waals surface area contributed by atoms with Crippen LogP contribution in [0.15, 0.2) is 30.3 Å². The molecule has 1 saturated heterocycles. The summed E-state index contributed by atoms with van der Waals surface area (Å²) in [5.74, 6) is -1.24. The first kappa shape index (κ1) is 32.0. The fourth-order valence-electron chi connectivity index (χ4n) is 5.04. The number of fused-ring (bicyclic) bond motifs is 1. The number of ketones is 2. The Morgan fingerprint density at radius 1 is 1.12 bits per heavy atom. The highest BCUT2D eigenvalue weighted by Crippen LogP contribution is 2.27. The molecule has 10 nitrogen and oxygen atoms in total. The lowest BCUT2D eigenvalue weighted by atomic mass is 9.84. The molecule has 0 amide bonds. The molecule has 0 spiro atoms. The second-order valence-corrected chi connectivity index (χ2v) is 11.0. The number of carbonyl (C=O) groups is 2. The van der Waals surface area contributed by atoms with Gasteiger partial charge in [0.25, 0.3) is 0 Å². The van der Waals surface area contributed by atoms with Gasteiger partial charge in [0.15, 0.2) is 11.7 Å². The van der Waals surface area contributed by atoms with Crippen molar-refractivity contribution in [2.45, 2.75) is 76.7 Å². The first-order chi connectivity index (χ1) is 19.5. The van der Waals surface area contributed by atoms with E-state index in [9.17, 15) is 14.7 Å². The number of ether oxygens (including phenoxy) is 2. The number of benzene rings is 1. The van der Waals surface area contributed by atoms with Crippen LogP contribution >= 0.6 is 0 Å². The maximum atomic E-state index is 13.1. The van der Waals surface area contributed by atoms with E-state index in [0.717, 1.165) is 18.2 Å². The molecule has 2 heterocycles. The van der Waals surface area contributed by atoms with Crippen molar-refractivity contribution >= 4 is 40.0 Å². The minimum absolute atomic E-state index is 0.0184. The molecule has 1 fully saturated rings. The van der Waals surface area contributed by atoms with Gasteiger partial charge >= 0.3 is 0 Å². The average Bonchev–Trinajstić information content (AvgIpc) is 2.96. The van der Waals surface area contributed by atoms with Crippen molar-refractivity contribution in [1.29, 1.82) is 16.2 Å². The molecule has 4 N–H and O–H groups in total. The summed E-state index contributed by atoms with van der Waals surface area (Å²) in [4.78, 5) is 31.3. The third-order valence-corrected chi connectivity index (χ3v) is 7.80. The quantitative estimate of drug-likeness (QED) is 0.135. The molecule has 0 bridgehead atoms. The number of para-hydroxylation sites is 1. The lowest BCUT2D eigenvalue weighted by molar-refractivity contribution is -0.118. The van der Waals surface area contributed by atoms with E-state index < -0.39 is 17.3 Å². The number of nitrogens with one attached hydrogen (secondary N) is 3. The van der Waals surface area contributed by atoms with Crippen LogP contribution in [0.1, 0.15) is 76.7 Å². The zero-order valence-electron chi connectivity index (χ0n) is 24.4. The molecule has 3 rings (SSSR count). The molecule has 0 unspecified atom stereocenters. The number of aromatic nitrogens is 1. The van der Waals surface area contributed by atoms with Crippen LogP contribution in [0.2, 0.25) is 0 Å². The van der Waals surface area contributed by atoms with E-state index in [1.807, 2.05) is 38.2 Å². The monoisotopic (exact) mass is 565 g/mol. The van der Waals surface area contributed by atoms with Crippen molar-refractivity contribution in [2.24, 2.45) is 5.92 Å². The van der Waals surface area contributed by atoms with Crippen molar-refractivity contribution in [3.63, 3.8) is 0 Å². The molecule has 10 heteroatoms. The van der Waals surface area contributed by atoms with Gasteiger partial charge in [-0.25, -0.2) is 4.98 Å². The van der Waals surface area contributed by atoms with Crippen LogP contribution in [0.3, 0.4) is 0 Å². The maximum absolute atomic E-state index is 13.1. The molecule has 41 heavy (non-hydrogen) atoms. The first-order valence-electron chi connectivity index (χ1n) is 14.4. The number of carbonyl (C=O) groups excluding carboxylic acids is 2. The molecule has 1 aromatic heterocycles. The maximum Gasteiger partial charge on any atom is 0.226 e. The van der Waals surface area contributed by atoms with Crippen molar-refractivity contribution in [3.8, 4) is 5.88 Å². The number of rotatable bonds is 15. The number of pyridine rings is 1. The second-order valence-electron chi connectivity index (χ2n) is 11.0. The Labute approximate surface area is 242 Å². The number of methoxy groups -OCH3 is 1. The van der Waals surface area contributed by atoms with Gasteiger partial charge in [-0.2, -0.15) is 0 Å². The molecular weight excluding hydrogens is 522 g/mol. The van der Waals surface area contributed by atoms with E-state index in [1.165, 1.54) is 7.11 Å². The summed E-state index contributed by atoms with van der Waals surface area (Å²) < 4.78 is 11.1. The molecule has 1 aliphatic heterocycles. The number of hydrogen-bond acceptors (Lipinski definition) is 10. The summed E-state index contributed by atoms with van der Waals surface area (Å²) >= 11 is 0. The van der Waals surface area contributed by atoms with Crippen LogP contribution < -0.4 is 4.74 Å². The smallest absolute Gasteiger partial charge is 0.226 e. The van der Waals surface area contributed by atoms with Crippen molar-refractivity contribution in [3.05, 3.63) is 35.9 Å². The van der Waals surface area contributed by atoms with Gasteiger partial charge in [-0.05, 0) is 44.9 Å². The average molecular weight is 566 g/mol. The first-order valence-corrected chi connectivity index (χ1v) is 14.4. The van der Waals surface area contributed by atoms with E-state index in [1.54, 1.807) is 6.07 Å². The molecule has 222 valence electrons. The Kier molecular flexibility index (Phi) is 11.7. The number of Topliss-reactive ketones (excluding diaryl/α,β-unsaturated/α-hetero) is 2. The van der Waals surface area contributed by atoms with E-state index in [4.69, 9.17) is 25.7 Å². The summed E-state index contributed by atoms with van der Waals surface area (Å²) in [7, 11) is 3.43. The Morgan fingerprint density at radius 3 is 2.51 bits per heavy atom. The molecule has 0 radical (unpaired) electrons. The number of piperidine rings is 1. The molecule has 1 aromatic carbocycles. The fraction of sp³-hybridized carbons (Fsp3) is 0.548. The van der Waals surface area contributed by atoms with Crippen LogP contribution in [-0.4, -0.2) is 76.9 Å². The molecule has 1 atom stereocenters. The van der Waals surface area contributed by atoms with E-state index >= 15 is 0 Å². The Hall–Kier alpha value is -3.50. The van der Waals surface area contributed by atoms with E-state index in [2.05, 4.69) is 9.88 Å². The van der Waals surface area contributed by atoms with E-state index in [-0.39, 0.29) is 47.6 Å². The number of nitrogens with zero attached hydrogens (tertiary/aromatic N) is 2. The minimum Gasteiger partial charge on any atom is -0.480 e. The highest BCUT2D eigenvalue weighted by molar-refractivity contribution is 6.39. The normalized spacial score (nSPS) is 15.7. The standard InChI is InChI=1S/C31H43N5O5/c1-4-23(37)12-7-5-6-11-22(19-27(38)25(32)20-31(39)14-16-36(2)17-15-31)28(33)41-29(34)24-18-21-10-8-9-13-26(21)35-30(24)40-3/h8-10,13,18,22,32-34,39H,4-7,11-12,14-17,19-20H2,1-3H3/t22-/m1/s1. The van der Waals surface area contributed by atoms with Gasteiger partial charge in [-0.3, -0.25) is 20.4 Å². The Morgan fingerprint density at radius 2 is 1.83 bits per heavy atom. The minimum atomic E-state index is -1.08. The SMILES string of the molecule is CCC(=O)CCCCC[C@H](CC(=O)C(=N)CC1(O)CCN(C)CC1)C(=N)OC(=N)c1cc2ccccc2nc1OC. The molecule has 0 saturated carbocycles. The highest BCUT2D eigenvalue weighted by atomic mass is 16.5. The van der Waals surface area contributed by atoms with E-state index in [0.29, 0.717) is 57.1 Å². The van der Waals surface area contributed by atoms with Crippen molar-refractivity contribution < 1.29 is 24.2 Å². The summed E-state index contributed by atoms with van der Waals surface area (Å²) in [6, 6.07) is 9.13. The molecule has 0 aliphatic carbocycles. The van der Waals surface area contributed by atoms with Crippen LogP contribution in [-0.2, 0) is 14.3 Å². The third kappa shape index (κ3) is 9.26. The summed E-state index contributed by atoms with van der Waals surface area (Å²) in [5.41, 5.74) is -0.243. The predicted molar refractivity (Wildman–Crippen MR) is 159 cm³/mol. The van der Waals surface area contributed by atoms with Crippen molar-refractivity contribution in [2.75, 3.05) is 27.2 Å². The van der Waals surface area contributed by atoms with Crippen LogP contribution in [0.5, 0.6) is 5.88 Å². The zero-order chi connectivity index (χ0) is 30.0. The van der Waals surface area contributed by atoms with Gasteiger partial charge < -0.3 is 24.9 Å². The molecule has 1 aliphatic rings.